The number of benzene rings is 1. The Bertz CT molecular complexity index is 892. The molecule has 0 saturated carbocycles. The molecule has 1 atom stereocenters. The molecule has 5 nitrogen and oxygen atoms in total. The molecule has 4 rings (SSSR count). The molecule has 0 spiro atoms. The van der Waals surface area contributed by atoms with Crippen LogP contribution >= 0.6 is 11.3 Å². The van der Waals surface area contributed by atoms with Gasteiger partial charge < -0.3 is 9.47 Å². The van der Waals surface area contributed by atoms with Crippen LogP contribution in [-0.2, 0) is 9.47 Å². The van der Waals surface area contributed by atoms with Crippen LogP contribution in [0.3, 0.4) is 0 Å². The summed E-state index contributed by atoms with van der Waals surface area (Å²) in [5.74, 6) is 0.841. The second-order valence-corrected chi connectivity index (χ2v) is 9.55. The van der Waals surface area contributed by atoms with Crippen molar-refractivity contribution in [3.05, 3.63) is 34.8 Å². The number of hydrogen-bond donors (Lipinski definition) is 0. The third-order valence-corrected chi connectivity index (χ3v) is 6.00. The molecule has 1 aromatic carbocycles. The molecule has 1 saturated heterocycles. The van der Waals surface area contributed by atoms with Crippen molar-refractivity contribution in [1.82, 2.24) is 9.88 Å². The average Bonchev–Trinajstić information content (AvgIpc) is 2.93. The Morgan fingerprint density at radius 2 is 2.11 bits per heavy atom. The first-order valence-electron chi connectivity index (χ1n) is 9.49. The van der Waals surface area contributed by atoms with Gasteiger partial charge in [-0.3, -0.25) is 4.90 Å². The van der Waals surface area contributed by atoms with E-state index in [9.17, 15) is 4.79 Å². The molecular weight excluding hydrogens is 360 g/mol. The number of thiazole rings is 1. The van der Waals surface area contributed by atoms with Crippen LogP contribution in [0.15, 0.2) is 24.3 Å². The van der Waals surface area contributed by atoms with E-state index in [1.807, 2.05) is 20.8 Å². The molecule has 2 aliphatic heterocycles. The van der Waals surface area contributed by atoms with Gasteiger partial charge in [-0.2, -0.15) is 0 Å². The molecule has 0 bridgehead atoms. The van der Waals surface area contributed by atoms with Gasteiger partial charge in [-0.05, 0) is 45.2 Å². The minimum absolute atomic E-state index is 0.286. The number of rotatable bonds is 2. The van der Waals surface area contributed by atoms with Crippen molar-refractivity contribution < 1.29 is 14.3 Å². The van der Waals surface area contributed by atoms with Gasteiger partial charge in [-0.1, -0.05) is 19.1 Å². The quantitative estimate of drug-likeness (QED) is 0.726. The Balaban J connectivity index is 1.65. The molecule has 0 unspecified atom stereocenters. The lowest BCUT2D eigenvalue weighted by molar-refractivity contribution is 0.00842. The van der Waals surface area contributed by atoms with E-state index in [1.54, 1.807) is 16.2 Å². The molecule has 6 heteroatoms. The van der Waals surface area contributed by atoms with Crippen molar-refractivity contribution in [3.63, 3.8) is 0 Å². The summed E-state index contributed by atoms with van der Waals surface area (Å²) >= 11 is 1.74. The van der Waals surface area contributed by atoms with Crippen molar-refractivity contribution >= 4 is 33.3 Å². The van der Waals surface area contributed by atoms with Gasteiger partial charge >= 0.3 is 6.09 Å². The lowest BCUT2D eigenvalue weighted by Crippen LogP contribution is -2.39. The van der Waals surface area contributed by atoms with Gasteiger partial charge in [-0.25, -0.2) is 9.78 Å². The van der Waals surface area contributed by atoms with Crippen molar-refractivity contribution in [2.24, 2.45) is 5.92 Å². The molecule has 1 fully saturated rings. The highest BCUT2D eigenvalue weighted by Gasteiger charge is 2.30. The van der Waals surface area contributed by atoms with E-state index in [2.05, 4.69) is 31.2 Å². The van der Waals surface area contributed by atoms with Crippen LogP contribution in [0.25, 0.3) is 15.9 Å². The van der Waals surface area contributed by atoms with E-state index >= 15 is 0 Å². The Kier molecular flexibility index (Phi) is 4.72. The fourth-order valence-electron chi connectivity index (χ4n) is 3.33. The van der Waals surface area contributed by atoms with Gasteiger partial charge in [-0.15, -0.1) is 11.3 Å². The number of nitrogens with zero attached hydrogens (tertiary/aromatic N) is 2. The summed E-state index contributed by atoms with van der Waals surface area (Å²) < 4.78 is 12.1. The fourth-order valence-corrected chi connectivity index (χ4v) is 4.35. The molecule has 1 aromatic heterocycles. The van der Waals surface area contributed by atoms with Crippen molar-refractivity contribution in [3.8, 4) is 0 Å². The van der Waals surface area contributed by atoms with E-state index in [-0.39, 0.29) is 6.09 Å². The van der Waals surface area contributed by atoms with Gasteiger partial charge in [0.05, 0.1) is 35.0 Å². The second-order valence-electron chi connectivity index (χ2n) is 8.49. The Morgan fingerprint density at radius 1 is 1.33 bits per heavy atom. The van der Waals surface area contributed by atoms with Crippen LogP contribution in [0.4, 0.5) is 4.79 Å². The molecule has 0 aliphatic carbocycles. The van der Waals surface area contributed by atoms with Crippen LogP contribution in [0, 0.1) is 5.92 Å². The maximum atomic E-state index is 12.8. The minimum atomic E-state index is -0.512. The number of aromatic nitrogens is 1. The maximum Gasteiger partial charge on any atom is 0.414 e. The topological polar surface area (TPSA) is 51.7 Å². The van der Waals surface area contributed by atoms with E-state index < -0.39 is 5.60 Å². The number of carbonyl (C=O) groups excluding carboxylic acids is 1. The van der Waals surface area contributed by atoms with E-state index in [4.69, 9.17) is 14.5 Å². The van der Waals surface area contributed by atoms with Crippen molar-refractivity contribution in [1.29, 1.82) is 0 Å². The largest absolute Gasteiger partial charge is 0.443 e. The second kappa shape index (κ2) is 6.91. The van der Waals surface area contributed by atoms with Gasteiger partial charge in [0.1, 0.15) is 10.6 Å². The zero-order chi connectivity index (χ0) is 19.2. The first-order chi connectivity index (χ1) is 12.8. The zero-order valence-electron chi connectivity index (χ0n) is 16.3. The lowest BCUT2D eigenvalue weighted by atomic mass is 9.98. The average molecular weight is 387 g/mol. The molecule has 27 heavy (non-hydrogen) atoms. The normalized spacial score (nSPS) is 21.1. The Labute approximate surface area is 164 Å². The highest BCUT2D eigenvalue weighted by atomic mass is 32.1. The summed E-state index contributed by atoms with van der Waals surface area (Å²) in [5.41, 5.74) is 2.41. The molecule has 144 valence electrons. The van der Waals surface area contributed by atoms with Gasteiger partial charge in [0.25, 0.3) is 0 Å². The van der Waals surface area contributed by atoms with Crippen molar-refractivity contribution in [2.45, 2.75) is 45.6 Å². The standard InChI is InChI=1S/C21H26N2O3S/c1-13-5-7-17(23(10-13)20(24)26-21(2,3)4)14-6-8-18-16(9-14)22-19(27-18)15-11-25-12-15/h6-9,13,15H,5,10-12H2,1-4H3/t13-/m0/s1. The number of hydrogen-bond acceptors (Lipinski definition) is 5. The third-order valence-electron chi connectivity index (χ3n) is 4.80. The van der Waals surface area contributed by atoms with Gasteiger partial charge in [0.2, 0.25) is 0 Å². The first kappa shape index (κ1) is 18.4. The molecule has 3 heterocycles. The SMILES string of the molecule is C[C@H]1CC=C(c2ccc3sc(C4COC4)nc3c2)N(C(=O)OC(C)(C)C)C1. The van der Waals surface area contributed by atoms with E-state index in [0.717, 1.165) is 41.4 Å². The summed E-state index contributed by atoms with van der Waals surface area (Å²) in [7, 11) is 0. The minimum Gasteiger partial charge on any atom is -0.443 e. The molecule has 0 radical (unpaired) electrons. The highest BCUT2D eigenvalue weighted by Crippen LogP contribution is 2.35. The van der Waals surface area contributed by atoms with E-state index in [1.165, 1.54) is 4.70 Å². The van der Waals surface area contributed by atoms with Crippen LogP contribution < -0.4 is 0 Å². The lowest BCUT2D eigenvalue weighted by Gasteiger charge is -2.33. The summed E-state index contributed by atoms with van der Waals surface area (Å²) in [6.45, 7) is 10.0. The fraction of sp³-hybridized carbons (Fsp3) is 0.524. The van der Waals surface area contributed by atoms with Crippen LogP contribution in [-0.4, -0.2) is 41.3 Å². The zero-order valence-corrected chi connectivity index (χ0v) is 17.1. The molecule has 2 aliphatic rings. The predicted octanol–water partition coefficient (Wildman–Crippen LogP) is 5.03. The van der Waals surface area contributed by atoms with Gasteiger partial charge in [0, 0.05) is 12.1 Å². The number of carbonyl (C=O) groups is 1. The monoisotopic (exact) mass is 386 g/mol. The number of allylic oxidation sites excluding steroid dienone is 1. The van der Waals surface area contributed by atoms with Crippen LogP contribution in [0.5, 0.6) is 0 Å². The number of amides is 1. The third kappa shape index (κ3) is 3.87. The summed E-state index contributed by atoms with van der Waals surface area (Å²) in [5, 5.41) is 1.14. The van der Waals surface area contributed by atoms with Crippen LogP contribution in [0.1, 0.15) is 50.6 Å². The molecule has 2 aromatic rings. The molecule has 0 N–H and O–H groups in total. The number of ether oxygens (including phenoxy) is 2. The smallest absolute Gasteiger partial charge is 0.414 e. The first-order valence-corrected chi connectivity index (χ1v) is 10.3. The van der Waals surface area contributed by atoms with Crippen LogP contribution in [0.2, 0.25) is 0 Å². The van der Waals surface area contributed by atoms with E-state index in [0.29, 0.717) is 18.4 Å². The Morgan fingerprint density at radius 3 is 2.78 bits per heavy atom. The maximum absolute atomic E-state index is 12.8. The summed E-state index contributed by atoms with van der Waals surface area (Å²) in [4.78, 5) is 19.4. The van der Waals surface area contributed by atoms with Crippen molar-refractivity contribution in [2.75, 3.05) is 19.8 Å². The highest BCUT2D eigenvalue weighted by molar-refractivity contribution is 7.18. The summed E-state index contributed by atoms with van der Waals surface area (Å²) in [6.07, 6.45) is 2.81. The predicted molar refractivity (Wildman–Crippen MR) is 108 cm³/mol. The Hall–Kier alpha value is -1.92. The molecular formula is C21H26N2O3S. The van der Waals surface area contributed by atoms with Gasteiger partial charge in [0.15, 0.2) is 0 Å². The summed E-state index contributed by atoms with van der Waals surface area (Å²) in [6, 6.07) is 6.28. The number of fused-ring (bicyclic) bond motifs is 1. The molecule has 1 amide bonds.